The van der Waals surface area contributed by atoms with Crippen molar-refractivity contribution in [2.45, 2.75) is 32.7 Å². The molecule has 1 heterocycles. The van der Waals surface area contributed by atoms with Crippen LogP contribution in [-0.2, 0) is 4.79 Å². The van der Waals surface area contributed by atoms with Gasteiger partial charge in [0.05, 0.1) is 6.20 Å². The Hall–Kier alpha value is -1.43. The fourth-order valence-electron chi connectivity index (χ4n) is 1.24. The highest BCUT2D eigenvalue weighted by atomic mass is 35.5. The van der Waals surface area contributed by atoms with Crippen molar-refractivity contribution < 1.29 is 9.18 Å². The molecular weight excluding hydrogens is 259 g/mol. The molecule has 1 aromatic heterocycles. The molecule has 100 valence electrons. The van der Waals surface area contributed by atoms with E-state index in [2.05, 4.69) is 20.6 Å². The zero-order valence-electron chi connectivity index (χ0n) is 10.6. The monoisotopic (exact) mass is 274 g/mol. The van der Waals surface area contributed by atoms with Gasteiger partial charge < -0.3 is 10.6 Å². The molecule has 0 aliphatic rings. The lowest BCUT2D eigenvalue weighted by Gasteiger charge is -2.20. The zero-order valence-corrected chi connectivity index (χ0v) is 11.3. The van der Waals surface area contributed by atoms with Gasteiger partial charge in [0.1, 0.15) is 0 Å². The normalized spacial score (nSPS) is 11.2. The van der Waals surface area contributed by atoms with Crippen molar-refractivity contribution in [3.63, 3.8) is 0 Å². The van der Waals surface area contributed by atoms with Crippen LogP contribution in [0.1, 0.15) is 27.2 Å². The van der Waals surface area contributed by atoms with Crippen molar-refractivity contribution in [3.8, 4) is 0 Å². The number of anilines is 1. The topological polar surface area (TPSA) is 66.9 Å². The second-order valence-corrected chi connectivity index (χ2v) is 5.15. The highest BCUT2D eigenvalue weighted by Gasteiger charge is 2.13. The Bertz CT molecular complexity index is 434. The molecule has 0 aliphatic heterocycles. The van der Waals surface area contributed by atoms with Crippen molar-refractivity contribution in [3.05, 3.63) is 17.3 Å². The summed E-state index contributed by atoms with van der Waals surface area (Å²) in [7, 11) is 0. The molecule has 0 aliphatic carbocycles. The Morgan fingerprint density at radius 1 is 1.50 bits per heavy atom. The maximum absolute atomic E-state index is 13.2. The summed E-state index contributed by atoms with van der Waals surface area (Å²) in [6.45, 7) is 5.94. The van der Waals surface area contributed by atoms with Crippen molar-refractivity contribution in [1.29, 1.82) is 0 Å². The molecule has 5 nitrogen and oxygen atoms in total. The standard InChI is InChI=1S/C11H16ClFN4O/c1-11(2,3)17-8(18)4-5-14-9-7(13)6-15-10(12)16-9/h6H,4-5H2,1-3H3,(H,17,18)(H,14,15,16). The number of carbonyl (C=O) groups excluding carboxylic acids is 1. The highest BCUT2D eigenvalue weighted by molar-refractivity contribution is 6.28. The molecular formula is C11H16ClFN4O. The summed E-state index contributed by atoms with van der Waals surface area (Å²) in [5, 5.41) is 5.46. The molecule has 0 unspecified atom stereocenters. The van der Waals surface area contributed by atoms with Gasteiger partial charge in [0.15, 0.2) is 11.6 Å². The predicted octanol–water partition coefficient (Wildman–Crippen LogP) is 1.99. The van der Waals surface area contributed by atoms with E-state index in [-0.39, 0.29) is 35.5 Å². The first-order valence-electron chi connectivity index (χ1n) is 5.51. The second kappa shape index (κ2) is 5.95. The number of rotatable bonds is 4. The van der Waals surface area contributed by atoms with Crippen LogP contribution in [0, 0.1) is 5.82 Å². The van der Waals surface area contributed by atoms with Crippen LogP contribution in [-0.4, -0.2) is 28.0 Å². The maximum atomic E-state index is 13.2. The fraction of sp³-hybridized carbons (Fsp3) is 0.545. The third-order valence-electron chi connectivity index (χ3n) is 1.87. The Balaban J connectivity index is 2.42. The average molecular weight is 275 g/mol. The van der Waals surface area contributed by atoms with Gasteiger partial charge in [0, 0.05) is 18.5 Å². The van der Waals surface area contributed by atoms with Gasteiger partial charge in [0.2, 0.25) is 11.2 Å². The van der Waals surface area contributed by atoms with Gasteiger partial charge in [-0.25, -0.2) is 9.37 Å². The molecule has 0 bridgehead atoms. The second-order valence-electron chi connectivity index (χ2n) is 4.81. The number of carbonyl (C=O) groups is 1. The van der Waals surface area contributed by atoms with Gasteiger partial charge in [-0.1, -0.05) is 0 Å². The molecule has 0 saturated heterocycles. The molecule has 0 radical (unpaired) electrons. The van der Waals surface area contributed by atoms with Crippen LogP contribution < -0.4 is 10.6 Å². The maximum Gasteiger partial charge on any atom is 0.224 e. The van der Waals surface area contributed by atoms with Gasteiger partial charge >= 0.3 is 0 Å². The number of aromatic nitrogens is 2. The van der Waals surface area contributed by atoms with Gasteiger partial charge in [-0.3, -0.25) is 4.79 Å². The lowest BCUT2D eigenvalue weighted by Crippen LogP contribution is -2.41. The molecule has 1 amide bonds. The lowest BCUT2D eigenvalue weighted by atomic mass is 10.1. The van der Waals surface area contributed by atoms with Crippen LogP contribution in [0.4, 0.5) is 10.2 Å². The van der Waals surface area contributed by atoms with Crippen LogP contribution >= 0.6 is 11.6 Å². The lowest BCUT2D eigenvalue weighted by molar-refractivity contribution is -0.122. The van der Waals surface area contributed by atoms with E-state index in [1.54, 1.807) is 0 Å². The molecule has 1 rings (SSSR count). The molecule has 0 atom stereocenters. The minimum atomic E-state index is -0.601. The average Bonchev–Trinajstić information content (AvgIpc) is 2.20. The molecule has 2 N–H and O–H groups in total. The molecule has 7 heteroatoms. The zero-order chi connectivity index (χ0) is 13.8. The summed E-state index contributed by atoms with van der Waals surface area (Å²) >= 11 is 5.54. The first-order valence-corrected chi connectivity index (χ1v) is 5.88. The number of halogens is 2. The van der Waals surface area contributed by atoms with Crippen molar-refractivity contribution >= 4 is 23.3 Å². The largest absolute Gasteiger partial charge is 0.367 e. The number of nitrogens with one attached hydrogen (secondary N) is 2. The highest BCUT2D eigenvalue weighted by Crippen LogP contribution is 2.11. The van der Waals surface area contributed by atoms with Crippen LogP contribution in [0.15, 0.2) is 6.20 Å². The number of hydrogen-bond acceptors (Lipinski definition) is 4. The Morgan fingerprint density at radius 2 is 2.17 bits per heavy atom. The van der Waals surface area contributed by atoms with E-state index in [4.69, 9.17) is 11.6 Å². The molecule has 0 saturated carbocycles. The molecule has 0 aromatic carbocycles. The summed E-state index contributed by atoms with van der Waals surface area (Å²) in [5.74, 6) is -0.718. The van der Waals surface area contributed by atoms with E-state index in [1.165, 1.54) is 0 Å². The van der Waals surface area contributed by atoms with Crippen molar-refractivity contribution in [2.24, 2.45) is 0 Å². The molecule has 0 fully saturated rings. The van der Waals surface area contributed by atoms with E-state index < -0.39 is 5.82 Å². The summed E-state index contributed by atoms with van der Waals surface area (Å²) in [6.07, 6.45) is 1.20. The van der Waals surface area contributed by atoms with E-state index in [1.807, 2.05) is 20.8 Å². The Kier molecular flexibility index (Phi) is 4.84. The fourth-order valence-corrected chi connectivity index (χ4v) is 1.38. The quantitative estimate of drug-likeness (QED) is 0.824. The predicted molar refractivity (Wildman–Crippen MR) is 68.0 cm³/mol. The van der Waals surface area contributed by atoms with Crippen LogP contribution in [0.5, 0.6) is 0 Å². The first-order chi connectivity index (χ1) is 8.28. The van der Waals surface area contributed by atoms with Gasteiger partial charge in [0.25, 0.3) is 0 Å². The first kappa shape index (κ1) is 14.6. The van der Waals surface area contributed by atoms with E-state index >= 15 is 0 Å². The summed E-state index contributed by atoms with van der Waals surface area (Å²) in [5.41, 5.74) is -0.277. The summed E-state index contributed by atoms with van der Waals surface area (Å²) < 4.78 is 13.2. The number of hydrogen-bond donors (Lipinski definition) is 2. The minimum Gasteiger partial charge on any atom is -0.367 e. The molecule has 0 spiro atoms. The van der Waals surface area contributed by atoms with Gasteiger partial charge in [-0.05, 0) is 32.4 Å². The molecule has 1 aromatic rings. The molecule has 18 heavy (non-hydrogen) atoms. The Labute approximate surface area is 110 Å². The van der Waals surface area contributed by atoms with Crippen LogP contribution in [0.2, 0.25) is 5.28 Å². The smallest absolute Gasteiger partial charge is 0.224 e. The third kappa shape index (κ3) is 5.27. The van der Waals surface area contributed by atoms with E-state index in [9.17, 15) is 9.18 Å². The summed E-state index contributed by atoms with van der Waals surface area (Å²) in [6, 6.07) is 0. The summed E-state index contributed by atoms with van der Waals surface area (Å²) in [4.78, 5) is 18.7. The number of nitrogens with zero attached hydrogens (tertiary/aromatic N) is 2. The SMILES string of the molecule is CC(C)(C)NC(=O)CCNc1nc(Cl)ncc1F. The van der Waals surface area contributed by atoms with Gasteiger partial charge in [-0.2, -0.15) is 4.98 Å². The van der Waals surface area contributed by atoms with E-state index in [0.29, 0.717) is 0 Å². The van der Waals surface area contributed by atoms with E-state index in [0.717, 1.165) is 6.20 Å². The third-order valence-corrected chi connectivity index (χ3v) is 2.06. The van der Waals surface area contributed by atoms with Crippen LogP contribution in [0.25, 0.3) is 0 Å². The Morgan fingerprint density at radius 3 is 2.78 bits per heavy atom. The van der Waals surface area contributed by atoms with Crippen LogP contribution in [0.3, 0.4) is 0 Å². The van der Waals surface area contributed by atoms with Crippen molar-refractivity contribution in [2.75, 3.05) is 11.9 Å². The minimum absolute atomic E-state index is 0.00133. The van der Waals surface area contributed by atoms with Crippen molar-refractivity contribution in [1.82, 2.24) is 15.3 Å². The van der Waals surface area contributed by atoms with Gasteiger partial charge in [-0.15, -0.1) is 0 Å². The number of amides is 1.